The molecule has 192 valence electrons. The summed E-state index contributed by atoms with van der Waals surface area (Å²) in [4.78, 5) is 42.5. The highest BCUT2D eigenvalue weighted by atomic mass is 16.5. The van der Waals surface area contributed by atoms with Gasteiger partial charge in [0.2, 0.25) is 5.91 Å². The summed E-state index contributed by atoms with van der Waals surface area (Å²) in [5.74, 6) is -0.0286. The second kappa shape index (κ2) is 10.2. The minimum absolute atomic E-state index is 0.00308. The molecule has 3 aromatic rings. The summed E-state index contributed by atoms with van der Waals surface area (Å²) in [6, 6.07) is 20.8. The van der Waals surface area contributed by atoms with Crippen molar-refractivity contribution in [3.8, 4) is 5.75 Å². The third-order valence-electron chi connectivity index (χ3n) is 7.48. The standard InChI is InChI=1S/C29H32N4O4/c1-29(23-12-9-20-7-3-4-8-22(20)17-23)27(35)33(28(36)31-29)19-26(34)30-18-25(32-15-5-6-16-32)21-10-13-24(37-2)14-11-21/h3-4,7-14,17,25H,5-6,15-16,18-19H2,1-2H3,(H,30,34)(H,31,36)/t25-,29-/m1/s1. The fourth-order valence-corrected chi connectivity index (χ4v) is 5.28. The number of urea groups is 1. The topological polar surface area (TPSA) is 91.0 Å². The number of ether oxygens (including phenoxy) is 1. The highest BCUT2D eigenvalue weighted by molar-refractivity contribution is 6.09. The Labute approximate surface area is 216 Å². The summed E-state index contributed by atoms with van der Waals surface area (Å²) < 4.78 is 5.28. The summed E-state index contributed by atoms with van der Waals surface area (Å²) in [5, 5.41) is 7.79. The minimum Gasteiger partial charge on any atom is -0.497 e. The van der Waals surface area contributed by atoms with E-state index in [1.165, 1.54) is 0 Å². The van der Waals surface area contributed by atoms with E-state index in [4.69, 9.17) is 4.74 Å². The molecule has 8 nitrogen and oxygen atoms in total. The van der Waals surface area contributed by atoms with E-state index in [2.05, 4.69) is 15.5 Å². The molecule has 3 aromatic carbocycles. The average molecular weight is 501 g/mol. The fraction of sp³-hybridized carbons (Fsp3) is 0.345. The van der Waals surface area contributed by atoms with Crippen molar-refractivity contribution in [3.63, 3.8) is 0 Å². The lowest BCUT2D eigenvalue weighted by Crippen LogP contribution is -2.45. The van der Waals surface area contributed by atoms with E-state index in [0.29, 0.717) is 12.1 Å². The Kier molecular flexibility index (Phi) is 6.84. The van der Waals surface area contributed by atoms with Gasteiger partial charge in [0, 0.05) is 6.54 Å². The number of hydrogen-bond acceptors (Lipinski definition) is 5. The van der Waals surface area contributed by atoms with Crippen LogP contribution in [0.15, 0.2) is 66.7 Å². The number of imide groups is 1. The zero-order valence-corrected chi connectivity index (χ0v) is 21.2. The van der Waals surface area contributed by atoms with Crippen molar-refractivity contribution in [2.24, 2.45) is 0 Å². The van der Waals surface area contributed by atoms with Gasteiger partial charge in [0.15, 0.2) is 0 Å². The summed E-state index contributed by atoms with van der Waals surface area (Å²) in [5.41, 5.74) is 0.533. The van der Waals surface area contributed by atoms with Crippen LogP contribution in [0.3, 0.4) is 0 Å². The van der Waals surface area contributed by atoms with Crippen LogP contribution in [-0.4, -0.2) is 60.9 Å². The van der Waals surface area contributed by atoms with Gasteiger partial charge in [-0.1, -0.05) is 48.5 Å². The van der Waals surface area contributed by atoms with Crippen molar-refractivity contribution < 1.29 is 19.1 Å². The molecular weight excluding hydrogens is 468 g/mol. The Hall–Kier alpha value is -3.91. The van der Waals surface area contributed by atoms with Crippen LogP contribution in [0.1, 0.15) is 36.9 Å². The van der Waals surface area contributed by atoms with Gasteiger partial charge >= 0.3 is 6.03 Å². The summed E-state index contributed by atoms with van der Waals surface area (Å²) >= 11 is 0. The highest BCUT2D eigenvalue weighted by Crippen LogP contribution is 2.31. The average Bonchev–Trinajstić information content (AvgIpc) is 3.52. The smallest absolute Gasteiger partial charge is 0.325 e. The number of nitrogens with zero attached hydrogens (tertiary/aromatic N) is 2. The summed E-state index contributed by atoms with van der Waals surface area (Å²) in [6.45, 7) is 3.66. The Balaban J connectivity index is 1.27. The molecule has 0 radical (unpaired) electrons. The molecule has 37 heavy (non-hydrogen) atoms. The number of methoxy groups -OCH3 is 1. The number of hydrogen-bond donors (Lipinski definition) is 2. The molecule has 2 aliphatic rings. The molecule has 0 bridgehead atoms. The quantitative estimate of drug-likeness (QED) is 0.462. The van der Waals surface area contributed by atoms with E-state index in [1.54, 1.807) is 14.0 Å². The molecule has 2 heterocycles. The third kappa shape index (κ3) is 4.89. The minimum atomic E-state index is -1.23. The number of fused-ring (bicyclic) bond motifs is 1. The van der Waals surface area contributed by atoms with Gasteiger partial charge in [-0.3, -0.25) is 19.4 Å². The van der Waals surface area contributed by atoms with E-state index in [9.17, 15) is 14.4 Å². The van der Waals surface area contributed by atoms with Crippen molar-refractivity contribution in [2.45, 2.75) is 31.3 Å². The lowest BCUT2D eigenvalue weighted by atomic mass is 9.90. The molecule has 0 unspecified atom stereocenters. The Morgan fingerprint density at radius 2 is 1.73 bits per heavy atom. The molecule has 8 heteroatoms. The molecule has 2 N–H and O–H groups in total. The lowest BCUT2D eigenvalue weighted by Gasteiger charge is -2.28. The molecule has 0 aromatic heterocycles. The van der Waals surface area contributed by atoms with Gasteiger partial charge in [0.25, 0.3) is 5.91 Å². The molecule has 5 rings (SSSR count). The zero-order valence-electron chi connectivity index (χ0n) is 21.2. The monoisotopic (exact) mass is 500 g/mol. The number of likely N-dealkylation sites (tertiary alicyclic amines) is 1. The van der Waals surface area contributed by atoms with Crippen LogP contribution >= 0.6 is 0 Å². The van der Waals surface area contributed by atoms with Crippen molar-refractivity contribution in [1.82, 2.24) is 20.4 Å². The Bertz CT molecular complexity index is 1320. The molecule has 0 aliphatic carbocycles. The highest BCUT2D eigenvalue weighted by Gasteiger charge is 2.49. The normalized spacial score (nSPS) is 20.8. The maximum atomic E-state index is 13.4. The van der Waals surface area contributed by atoms with Crippen LogP contribution in [0.2, 0.25) is 0 Å². The van der Waals surface area contributed by atoms with Gasteiger partial charge in [-0.15, -0.1) is 0 Å². The van der Waals surface area contributed by atoms with Gasteiger partial charge in [-0.05, 0) is 73.0 Å². The van der Waals surface area contributed by atoms with Crippen molar-refractivity contribution >= 4 is 28.6 Å². The first kappa shape index (κ1) is 24.8. The van der Waals surface area contributed by atoms with Gasteiger partial charge in [-0.25, -0.2) is 4.79 Å². The second-order valence-corrected chi connectivity index (χ2v) is 9.84. The molecule has 2 aliphatic heterocycles. The van der Waals surface area contributed by atoms with E-state index in [1.807, 2.05) is 66.7 Å². The molecule has 4 amide bonds. The molecule has 0 spiro atoms. The van der Waals surface area contributed by atoms with Crippen LogP contribution in [0, 0.1) is 0 Å². The molecular formula is C29H32N4O4. The van der Waals surface area contributed by atoms with Gasteiger partial charge in [0.05, 0.1) is 13.2 Å². The molecule has 2 fully saturated rings. The van der Waals surface area contributed by atoms with Crippen LogP contribution < -0.4 is 15.4 Å². The van der Waals surface area contributed by atoms with Crippen LogP contribution in [0.5, 0.6) is 5.75 Å². The predicted molar refractivity (Wildman–Crippen MR) is 141 cm³/mol. The predicted octanol–water partition coefficient (Wildman–Crippen LogP) is 3.57. The van der Waals surface area contributed by atoms with E-state index in [0.717, 1.165) is 52.9 Å². The number of carbonyl (C=O) groups is 3. The van der Waals surface area contributed by atoms with Crippen LogP contribution in [0.25, 0.3) is 10.8 Å². The van der Waals surface area contributed by atoms with Gasteiger partial charge in [0.1, 0.15) is 17.8 Å². The fourth-order valence-electron chi connectivity index (χ4n) is 5.28. The first-order valence-electron chi connectivity index (χ1n) is 12.7. The van der Waals surface area contributed by atoms with Gasteiger partial charge in [-0.2, -0.15) is 0 Å². The summed E-state index contributed by atoms with van der Waals surface area (Å²) in [7, 11) is 1.63. The van der Waals surface area contributed by atoms with Crippen molar-refractivity contribution in [3.05, 3.63) is 77.9 Å². The third-order valence-corrected chi connectivity index (χ3v) is 7.48. The lowest BCUT2D eigenvalue weighted by molar-refractivity contribution is -0.134. The largest absolute Gasteiger partial charge is 0.497 e. The van der Waals surface area contributed by atoms with E-state index >= 15 is 0 Å². The van der Waals surface area contributed by atoms with Crippen LogP contribution in [-0.2, 0) is 15.1 Å². The van der Waals surface area contributed by atoms with Gasteiger partial charge < -0.3 is 15.4 Å². The number of carbonyl (C=O) groups excluding carboxylic acids is 3. The Morgan fingerprint density at radius 1 is 1.03 bits per heavy atom. The van der Waals surface area contributed by atoms with E-state index in [-0.39, 0.29) is 18.5 Å². The number of amides is 4. The molecule has 2 atom stereocenters. The number of nitrogens with one attached hydrogen (secondary N) is 2. The number of rotatable bonds is 8. The molecule has 2 saturated heterocycles. The van der Waals surface area contributed by atoms with E-state index < -0.39 is 17.5 Å². The van der Waals surface area contributed by atoms with Crippen molar-refractivity contribution in [1.29, 1.82) is 0 Å². The maximum absolute atomic E-state index is 13.4. The first-order chi connectivity index (χ1) is 17.9. The second-order valence-electron chi connectivity index (χ2n) is 9.84. The zero-order chi connectivity index (χ0) is 26.0. The first-order valence-corrected chi connectivity index (χ1v) is 12.7. The summed E-state index contributed by atoms with van der Waals surface area (Å²) in [6.07, 6.45) is 2.24. The SMILES string of the molecule is COc1ccc([C@@H](CNC(=O)CN2C(=O)N[C@](C)(c3ccc4ccccc4c3)C2=O)N2CCCC2)cc1. The molecule has 0 saturated carbocycles. The number of benzene rings is 3. The van der Waals surface area contributed by atoms with Crippen LogP contribution in [0.4, 0.5) is 4.79 Å². The Morgan fingerprint density at radius 3 is 2.43 bits per heavy atom. The maximum Gasteiger partial charge on any atom is 0.325 e. The van der Waals surface area contributed by atoms with Crippen molar-refractivity contribution in [2.75, 3.05) is 33.3 Å².